The summed E-state index contributed by atoms with van der Waals surface area (Å²) in [4.78, 5) is 12.1. The monoisotopic (exact) mass is 343 g/mol. The third kappa shape index (κ3) is 4.61. The summed E-state index contributed by atoms with van der Waals surface area (Å²) in [6.45, 7) is -1.67. The fourth-order valence-electron chi connectivity index (χ4n) is 1.81. The summed E-state index contributed by atoms with van der Waals surface area (Å²) in [6, 6.07) is 8.45. The van der Waals surface area contributed by atoms with E-state index < -0.39 is 30.3 Å². The summed E-state index contributed by atoms with van der Waals surface area (Å²) in [7, 11) is 0. The molecule has 1 amide bonds. The topological polar surface area (TPSA) is 47.6 Å². The van der Waals surface area contributed by atoms with Gasteiger partial charge in [0.1, 0.15) is 11.5 Å². The number of rotatable bonds is 6. The molecule has 0 fully saturated rings. The fraction of sp³-hybridized carbons (Fsp3) is 0.188. The van der Waals surface area contributed by atoms with Gasteiger partial charge in [-0.25, -0.2) is 8.78 Å². The predicted molar refractivity (Wildman–Crippen MR) is 78.2 cm³/mol. The van der Waals surface area contributed by atoms with Crippen LogP contribution in [-0.4, -0.2) is 18.6 Å². The zero-order valence-corrected chi connectivity index (χ0v) is 12.4. The molecule has 0 heterocycles. The second kappa shape index (κ2) is 7.67. The minimum atomic E-state index is -3.04. The van der Waals surface area contributed by atoms with E-state index in [0.29, 0.717) is 0 Å². The Morgan fingerprint density at radius 1 is 1.04 bits per heavy atom. The lowest BCUT2D eigenvalue weighted by Crippen LogP contribution is -2.30. The molecular weight excluding hydrogens is 330 g/mol. The number of hydrogen-bond donors (Lipinski definition) is 1. The maximum atomic E-state index is 13.1. The van der Waals surface area contributed by atoms with Crippen molar-refractivity contribution in [2.24, 2.45) is 0 Å². The van der Waals surface area contributed by atoms with Gasteiger partial charge in [0.2, 0.25) is 0 Å². The SMILES string of the molecule is CC(Oc1ccc(F)c(F)c1)C(=O)Nc1ccccc1OC(F)F. The Bertz CT molecular complexity index is 724. The second-order valence-electron chi connectivity index (χ2n) is 4.70. The average Bonchev–Trinajstić information content (AvgIpc) is 2.52. The van der Waals surface area contributed by atoms with Crippen LogP contribution in [0.2, 0.25) is 0 Å². The van der Waals surface area contributed by atoms with Crippen LogP contribution in [0.3, 0.4) is 0 Å². The molecule has 2 rings (SSSR count). The van der Waals surface area contributed by atoms with Crippen LogP contribution < -0.4 is 14.8 Å². The lowest BCUT2D eigenvalue weighted by atomic mass is 10.2. The highest BCUT2D eigenvalue weighted by molar-refractivity contribution is 5.95. The highest BCUT2D eigenvalue weighted by Gasteiger charge is 2.18. The van der Waals surface area contributed by atoms with Gasteiger partial charge in [0.05, 0.1) is 5.69 Å². The number of nitrogens with one attached hydrogen (secondary N) is 1. The molecule has 0 saturated heterocycles. The summed E-state index contributed by atoms with van der Waals surface area (Å²) in [5.74, 6) is -3.09. The molecule has 24 heavy (non-hydrogen) atoms. The molecule has 0 bridgehead atoms. The number of carbonyl (C=O) groups is 1. The van der Waals surface area contributed by atoms with Crippen molar-refractivity contribution in [2.45, 2.75) is 19.6 Å². The molecule has 0 aliphatic carbocycles. The molecule has 2 aromatic carbocycles. The second-order valence-corrected chi connectivity index (χ2v) is 4.70. The highest BCUT2D eigenvalue weighted by atomic mass is 19.3. The third-order valence-corrected chi connectivity index (χ3v) is 2.93. The van der Waals surface area contributed by atoms with Crippen molar-refractivity contribution < 1.29 is 31.8 Å². The maximum absolute atomic E-state index is 13.1. The molecule has 1 N–H and O–H groups in total. The standard InChI is InChI=1S/C16H13F4NO3/c1-9(23-10-6-7-11(17)12(18)8-10)15(22)21-13-4-2-3-5-14(13)24-16(19)20/h2-9,16H,1H3,(H,21,22). The highest BCUT2D eigenvalue weighted by Crippen LogP contribution is 2.26. The number of hydrogen-bond acceptors (Lipinski definition) is 3. The lowest BCUT2D eigenvalue weighted by molar-refractivity contribution is -0.122. The molecule has 2 aromatic rings. The molecule has 0 aliphatic rings. The summed E-state index contributed by atoms with van der Waals surface area (Å²) in [5, 5.41) is 2.37. The van der Waals surface area contributed by atoms with Crippen molar-refractivity contribution in [1.82, 2.24) is 0 Å². The molecule has 128 valence electrons. The van der Waals surface area contributed by atoms with Crippen LogP contribution in [-0.2, 0) is 4.79 Å². The number of halogens is 4. The number of anilines is 1. The van der Waals surface area contributed by atoms with E-state index in [1.54, 1.807) is 0 Å². The van der Waals surface area contributed by atoms with Gasteiger partial charge in [0.25, 0.3) is 5.91 Å². The lowest BCUT2D eigenvalue weighted by Gasteiger charge is -2.16. The Labute approximate surface area is 135 Å². The molecule has 0 saturated carbocycles. The zero-order valence-electron chi connectivity index (χ0n) is 12.4. The van der Waals surface area contributed by atoms with Crippen molar-refractivity contribution >= 4 is 11.6 Å². The first-order chi connectivity index (χ1) is 11.4. The molecule has 8 heteroatoms. The fourth-order valence-corrected chi connectivity index (χ4v) is 1.81. The molecule has 0 aromatic heterocycles. The average molecular weight is 343 g/mol. The van der Waals surface area contributed by atoms with Crippen molar-refractivity contribution in [1.29, 1.82) is 0 Å². The minimum absolute atomic E-state index is 0.0311. The Kier molecular flexibility index (Phi) is 5.62. The number of para-hydroxylation sites is 2. The Morgan fingerprint density at radius 3 is 2.42 bits per heavy atom. The first-order valence-electron chi connectivity index (χ1n) is 6.83. The van der Waals surface area contributed by atoms with Crippen molar-refractivity contribution in [3.8, 4) is 11.5 Å². The van der Waals surface area contributed by atoms with Crippen LogP contribution in [0, 0.1) is 11.6 Å². The predicted octanol–water partition coefficient (Wildman–Crippen LogP) is 3.97. The number of amides is 1. The van der Waals surface area contributed by atoms with Gasteiger partial charge < -0.3 is 14.8 Å². The largest absolute Gasteiger partial charge is 0.481 e. The smallest absolute Gasteiger partial charge is 0.387 e. The normalized spacial score (nSPS) is 11.9. The third-order valence-electron chi connectivity index (χ3n) is 2.93. The van der Waals surface area contributed by atoms with Crippen molar-refractivity contribution in [3.63, 3.8) is 0 Å². The van der Waals surface area contributed by atoms with E-state index in [1.165, 1.54) is 31.2 Å². The first-order valence-corrected chi connectivity index (χ1v) is 6.83. The summed E-state index contributed by atoms with van der Waals surface area (Å²) >= 11 is 0. The molecular formula is C16H13F4NO3. The molecule has 0 spiro atoms. The minimum Gasteiger partial charge on any atom is -0.481 e. The first kappa shape index (κ1) is 17.6. The van der Waals surface area contributed by atoms with Crippen LogP contribution in [0.4, 0.5) is 23.2 Å². The number of ether oxygens (including phenoxy) is 2. The molecule has 1 atom stereocenters. The van der Waals surface area contributed by atoms with E-state index in [9.17, 15) is 22.4 Å². The van der Waals surface area contributed by atoms with Gasteiger partial charge in [-0.2, -0.15) is 8.78 Å². The van der Waals surface area contributed by atoms with Crippen LogP contribution in [0.1, 0.15) is 6.92 Å². The van der Waals surface area contributed by atoms with Gasteiger partial charge in [-0.05, 0) is 31.2 Å². The Balaban J connectivity index is 2.05. The molecule has 1 unspecified atom stereocenters. The van der Waals surface area contributed by atoms with Gasteiger partial charge >= 0.3 is 6.61 Å². The molecule has 0 aliphatic heterocycles. The summed E-state index contributed by atoms with van der Waals surface area (Å²) in [5.41, 5.74) is 0.0311. The van der Waals surface area contributed by atoms with E-state index in [1.807, 2.05) is 0 Å². The van der Waals surface area contributed by atoms with E-state index in [4.69, 9.17) is 4.74 Å². The van der Waals surface area contributed by atoms with Crippen LogP contribution in [0.15, 0.2) is 42.5 Å². The van der Waals surface area contributed by atoms with E-state index in [0.717, 1.165) is 18.2 Å². The number of benzene rings is 2. The van der Waals surface area contributed by atoms with Crippen LogP contribution >= 0.6 is 0 Å². The van der Waals surface area contributed by atoms with E-state index >= 15 is 0 Å². The van der Waals surface area contributed by atoms with Gasteiger partial charge in [-0.15, -0.1) is 0 Å². The van der Waals surface area contributed by atoms with Crippen molar-refractivity contribution in [3.05, 3.63) is 54.1 Å². The molecule has 4 nitrogen and oxygen atoms in total. The number of alkyl halides is 2. The number of carbonyl (C=O) groups excluding carboxylic acids is 1. The van der Waals surface area contributed by atoms with Crippen LogP contribution in [0.5, 0.6) is 11.5 Å². The quantitative estimate of drug-likeness (QED) is 0.808. The molecule has 0 radical (unpaired) electrons. The van der Waals surface area contributed by atoms with Crippen molar-refractivity contribution in [2.75, 3.05) is 5.32 Å². The van der Waals surface area contributed by atoms with E-state index in [-0.39, 0.29) is 17.2 Å². The Hall–Kier alpha value is -2.77. The van der Waals surface area contributed by atoms with E-state index in [2.05, 4.69) is 10.1 Å². The Morgan fingerprint density at radius 2 is 1.75 bits per heavy atom. The van der Waals surface area contributed by atoms with Gasteiger partial charge in [-0.1, -0.05) is 12.1 Å². The zero-order chi connectivity index (χ0) is 17.7. The van der Waals surface area contributed by atoms with Gasteiger partial charge in [0.15, 0.2) is 17.7 Å². The summed E-state index contributed by atoms with van der Waals surface area (Å²) < 4.78 is 60.1. The van der Waals surface area contributed by atoms with Gasteiger partial charge in [-0.3, -0.25) is 4.79 Å². The van der Waals surface area contributed by atoms with Gasteiger partial charge in [0, 0.05) is 6.07 Å². The maximum Gasteiger partial charge on any atom is 0.387 e. The van der Waals surface area contributed by atoms with Crippen LogP contribution in [0.25, 0.3) is 0 Å². The summed E-state index contributed by atoms with van der Waals surface area (Å²) in [6.07, 6.45) is -1.09.